The molecule has 3 rings (SSSR count). The van der Waals surface area contributed by atoms with Crippen molar-refractivity contribution < 1.29 is 27.1 Å². The van der Waals surface area contributed by atoms with Gasteiger partial charge in [-0.05, 0) is 56.2 Å². The highest BCUT2D eigenvalue weighted by molar-refractivity contribution is 7.89. The quantitative estimate of drug-likeness (QED) is 0.543. The Labute approximate surface area is 198 Å². The van der Waals surface area contributed by atoms with Crippen LogP contribution in [0.5, 0.6) is 0 Å². The zero-order valence-corrected chi connectivity index (χ0v) is 20.0. The molecule has 1 saturated heterocycles. The summed E-state index contributed by atoms with van der Waals surface area (Å²) in [7, 11) is -2.20. The second-order valence-electron chi connectivity index (χ2n) is 8.01. The fourth-order valence-corrected chi connectivity index (χ4v) is 5.58. The van der Waals surface area contributed by atoms with Crippen LogP contribution >= 0.6 is 11.6 Å². The van der Waals surface area contributed by atoms with E-state index in [2.05, 4.69) is 0 Å². The van der Waals surface area contributed by atoms with E-state index >= 15 is 0 Å². The van der Waals surface area contributed by atoms with E-state index in [1.165, 1.54) is 58.7 Å². The number of carbonyl (C=O) groups excluding carboxylic acids is 2. The SMILES string of the molecule is CC1CCCCN1S(=O)(=O)c1ccc(C(=O)OCC(=O)N(C)Cc2c(F)cccc2Cl)cc1. The first-order valence-electron chi connectivity index (χ1n) is 10.6. The number of amides is 1. The first kappa shape index (κ1) is 25.1. The zero-order valence-electron chi connectivity index (χ0n) is 18.5. The standard InChI is InChI=1S/C23H26ClFN2O5S/c1-16-6-3-4-13-27(16)33(30,31)18-11-9-17(10-12-18)23(29)32-15-22(28)26(2)14-19-20(24)7-5-8-21(19)25/h5,7-12,16H,3-4,6,13-15H2,1-2H3. The Morgan fingerprint density at radius 1 is 1.18 bits per heavy atom. The van der Waals surface area contributed by atoms with Gasteiger partial charge in [0.15, 0.2) is 6.61 Å². The van der Waals surface area contributed by atoms with Crippen molar-refractivity contribution in [1.29, 1.82) is 0 Å². The summed E-state index contributed by atoms with van der Waals surface area (Å²) >= 11 is 5.98. The molecular formula is C23H26ClFN2O5S. The largest absolute Gasteiger partial charge is 0.452 e. The summed E-state index contributed by atoms with van der Waals surface area (Å²) in [5.74, 6) is -1.84. The van der Waals surface area contributed by atoms with Crippen LogP contribution in [0.1, 0.15) is 42.1 Å². The number of sulfonamides is 1. The molecule has 33 heavy (non-hydrogen) atoms. The molecule has 0 spiro atoms. The maximum atomic E-state index is 13.9. The van der Waals surface area contributed by atoms with Crippen molar-refractivity contribution in [3.8, 4) is 0 Å². The zero-order chi connectivity index (χ0) is 24.2. The molecule has 2 aromatic carbocycles. The molecular weight excluding hydrogens is 471 g/mol. The molecule has 7 nitrogen and oxygen atoms in total. The first-order valence-corrected chi connectivity index (χ1v) is 12.4. The number of likely N-dealkylation sites (N-methyl/N-ethyl adjacent to an activating group) is 1. The van der Waals surface area contributed by atoms with Gasteiger partial charge in [0, 0.05) is 36.8 Å². The van der Waals surface area contributed by atoms with Crippen LogP contribution in [0.25, 0.3) is 0 Å². The van der Waals surface area contributed by atoms with Crippen LogP contribution in [-0.4, -0.2) is 55.7 Å². The molecule has 0 aliphatic carbocycles. The van der Waals surface area contributed by atoms with Gasteiger partial charge in [0.25, 0.3) is 5.91 Å². The predicted molar refractivity (Wildman–Crippen MR) is 122 cm³/mol. The maximum Gasteiger partial charge on any atom is 0.338 e. The lowest BCUT2D eigenvalue weighted by Crippen LogP contribution is -2.41. The molecule has 1 heterocycles. The maximum absolute atomic E-state index is 13.9. The molecule has 0 bridgehead atoms. The predicted octanol–water partition coefficient (Wildman–Crippen LogP) is 3.86. The van der Waals surface area contributed by atoms with Gasteiger partial charge in [0.2, 0.25) is 10.0 Å². The minimum atomic E-state index is -3.65. The van der Waals surface area contributed by atoms with Crippen molar-refractivity contribution in [2.45, 2.75) is 43.7 Å². The molecule has 1 amide bonds. The number of esters is 1. The van der Waals surface area contributed by atoms with Crippen LogP contribution in [0.3, 0.4) is 0 Å². The van der Waals surface area contributed by atoms with Gasteiger partial charge in [-0.15, -0.1) is 0 Å². The van der Waals surface area contributed by atoms with Crippen LogP contribution in [0.15, 0.2) is 47.4 Å². The number of halogens is 2. The Morgan fingerprint density at radius 3 is 2.52 bits per heavy atom. The summed E-state index contributed by atoms with van der Waals surface area (Å²) in [4.78, 5) is 25.9. The molecule has 1 aliphatic rings. The van der Waals surface area contributed by atoms with Gasteiger partial charge in [-0.2, -0.15) is 4.31 Å². The molecule has 2 aromatic rings. The molecule has 0 N–H and O–H groups in total. The van der Waals surface area contributed by atoms with E-state index in [4.69, 9.17) is 16.3 Å². The molecule has 10 heteroatoms. The van der Waals surface area contributed by atoms with Gasteiger partial charge in [-0.25, -0.2) is 17.6 Å². The molecule has 1 aliphatic heterocycles. The highest BCUT2D eigenvalue weighted by atomic mass is 35.5. The topological polar surface area (TPSA) is 84.0 Å². The lowest BCUT2D eigenvalue weighted by Gasteiger charge is -2.32. The minimum absolute atomic E-state index is 0.0735. The van der Waals surface area contributed by atoms with Crippen molar-refractivity contribution in [2.75, 3.05) is 20.2 Å². The van der Waals surface area contributed by atoms with E-state index in [0.29, 0.717) is 6.54 Å². The average Bonchev–Trinajstić information content (AvgIpc) is 2.79. The van der Waals surface area contributed by atoms with Crippen molar-refractivity contribution >= 4 is 33.5 Å². The van der Waals surface area contributed by atoms with Gasteiger partial charge >= 0.3 is 5.97 Å². The van der Waals surface area contributed by atoms with E-state index in [9.17, 15) is 22.4 Å². The van der Waals surface area contributed by atoms with Crippen LogP contribution in [0, 0.1) is 5.82 Å². The van der Waals surface area contributed by atoms with Gasteiger partial charge in [0.05, 0.1) is 10.5 Å². The van der Waals surface area contributed by atoms with Crippen LogP contribution in [-0.2, 0) is 26.1 Å². The van der Waals surface area contributed by atoms with E-state index in [0.717, 1.165) is 19.3 Å². The fraction of sp³-hybridized carbons (Fsp3) is 0.391. The Bertz CT molecular complexity index is 1100. The Balaban J connectivity index is 1.59. The third kappa shape index (κ3) is 5.90. The number of hydrogen-bond acceptors (Lipinski definition) is 5. The highest BCUT2D eigenvalue weighted by Crippen LogP contribution is 2.25. The number of piperidine rings is 1. The summed E-state index contributed by atoms with van der Waals surface area (Å²) in [6.07, 6.45) is 2.63. The summed E-state index contributed by atoms with van der Waals surface area (Å²) in [5.41, 5.74) is 0.286. The van der Waals surface area contributed by atoms with Gasteiger partial charge in [-0.1, -0.05) is 24.1 Å². The molecule has 0 saturated carbocycles. The minimum Gasteiger partial charge on any atom is -0.452 e. The van der Waals surface area contributed by atoms with Crippen molar-refractivity contribution in [3.63, 3.8) is 0 Å². The van der Waals surface area contributed by atoms with Crippen LogP contribution in [0.4, 0.5) is 4.39 Å². The van der Waals surface area contributed by atoms with Gasteiger partial charge in [-0.3, -0.25) is 4.79 Å². The van der Waals surface area contributed by atoms with Crippen LogP contribution < -0.4 is 0 Å². The number of nitrogens with zero attached hydrogens (tertiary/aromatic N) is 2. The van der Waals surface area contributed by atoms with Crippen molar-refractivity contribution in [1.82, 2.24) is 9.21 Å². The van der Waals surface area contributed by atoms with Gasteiger partial charge in [0.1, 0.15) is 5.82 Å². The second-order valence-corrected chi connectivity index (χ2v) is 10.3. The summed E-state index contributed by atoms with van der Waals surface area (Å²) < 4.78 is 46.2. The summed E-state index contributed by atoms with van der Waals surface area (Å²) in [5, 5.41) is 0.195. The third-order valence-corrected chi connectivity index (χ3v) is 8.03. The molecule has 0 aromatic heterocycles. The summed E-state index contributed by atoms with van der Waals surface area (Å²) in [6.45, 7) is 1.73. The molecule has 1 atom stereocenters. The summed E-state index contributed by atoms with van der Waals surface area (Å²) in [6, 6.07) is 9.60. The average molecular weight is 497 g/mol. The Morgan fingerprint density at radius 2 is 1.88 bits per heavy atom. The molecule has 178 valence electrons. The number of benzene rings is 2. The van der Waals surface area contributed by atoms with E-state index in [-0.39, 0.29) is 33.6 Å². The third-order valence-electron chi connectivity index (χ3n) is 5.65. The van der Waals surface area contributed by atoms with Crippen LogP contribution in [0.2, 0.25) is 5.02 Å². The lowest BCUT2D eigenvalue weighted by molar-refractivity contribution is -0.133. The van der Waals surface area contributed by atoms with Crippen molar-refractivity contribution in [2.24, 2.45) is 0 Å². The van der Waals surface area contributed by atoms with E-state index < -0.39 is 34.3 Å². The number of hydrogen-bond donors (Lipinski definition) is 0. The Kier molecular flexibility index (Phi) is 8.10. The van der Waals surface area contributed by atoms with E-state index in [1.807, 2.05) is 6.92 Å². The number of ether oxygens (including phenoxy) is 1. The molecule has 0 radical (unpaired) electrons. The fourth-order valence-electron chi connectivity index (χ4n) is 3.66. The molecule has 1 fully saturated rings. The first-order chi connectivity index (χ1) is 15.6. The highest BCUT2D eigenvalue weighted by Gasteiger charge is 2.31. The number of rotatable bonds is 7. The smallest absolute Gasteiger partial charge is 0.338 e. The second kappa shape index (κ2) is 10.6. The Hall–Kier alpha value is -2.49. The monoisotopic (exact) mass is 496 g/mol. The normalized spacial score (nSPS) is 16.9. The number of carbonyl (C=O) groups is 2. The van der Waals surface area contributed by atoms with Crippen molar-refractivity contribution in [3.05, 3.63) is 64.4 Å². The molecule has 1 unspecified atom stereocenters. The lowest BCUT2D eigenvalue weighted by atomic mass is 10.1. The van der Waals surface area contributed by atoms with E-state index in [1.54, 1.807) is 0 Å². The van der Waals surface area contributed by atoms with Gasteiger partial charge < -0.3 is 9.64 Å².